The van der Waals surface area contributed by atoms with Crippen LogP contribution < -0.4 is 16.4 Å². The first-order valence-corrected chi connectivity index (χ1v) is 7.74. The van der Waals surface area contributed by atoms with Crippen molar-refractivity contribution in [3.05, 3.63) is 23.8 Å². The minimum Gasteiger partial charge on any atom is -0.375 e. The van der Waals surface area contributed by atoms with Gasteiger partial charge in [-0.3, -0.25) is 4.79 Å². The van der Waals surface area contributed by atoms with E-state index in [0.29, 0.717) is 22.8 Å². The van der Waals surface area contributed by atoms with E-state index in [0.717, 1.165) is 16.6 Å². The van der Waals surface area contributed by atoms with E-state index in [-0.39, 0.29) is 11.9 Å². The zero-order valence-corrected chi connectivity index (χ0v) is 11.7. The number of carbonyl (C=O) groups is 1. The van der Waals surface area contributed by atoms with Crippen molar-refractivity contribution in [1.82, 2.24) is 15.6 Å². The average Bonchev–Trinajstić information content (AvgIpc) is 3.10. The number of nitrogens with zero attached hydrogens (tertiary/aromatic N) is 1. The molecule has 2 fully saturated rings. The van der Waals surface area contributed by atoms with Crippen molar-refractivity contribution >= 4 is 32.6 Å². The van der Waals surface area contributed by atoms with Gasteiger partial charge in [-0.25, -0.2) is 4.98 Å². The Kier molecular flexibility index (Phi) is 2.68. The lowest BCUT2D eigenvalue weighted by Crippen LogP contribution is -2.42. The molecular formula is C14H16N4OS. The van der Waals surface area contributed by atoms with Crippen LogP contribution in [0.15, 0.2) is 18.2 Å². The second-order valence-electron chi connectivity index (χ2n) is 5.60. The fourth-order valence-corrected chi connectivity index (χ4v) is 4.09. The number of hydrogen-bond acceptors (Lipinski definition) is 5. The molecule has 6 heteroatoms. The Morgan fingerprint density at radius 1 is 1.45 bits per heavy atom. The molecule has 1 aromatic carbocycles. The van der Waals surface area contributed by atoms with Gasteiger partial charge in [0.2, 0.25) is 0 Å². The molecule has 2 aromatic rings. The van der Waals surface area contributed by atoms with Gasteiger partial charge in [-0.2, -0.15) is 0 Å². The molecular weight excluding hydrogens is 272 g/mol. The van der Waals surface area contributed by atoms with Crippen LogP contribution in [0.2, 0.25) is 0 Å². The first kappa shape index (κ1) is 12.1. The SMILES string of the molecule is Nc1nc2ccc(C(=O)N[C@@H]3C[C@H]4CC[C@@H]3N4)cc2s1. The average molecular weight is 288 g/mol. The Morgan fingerprint density at radius 2 is 2.35 bits per heavy atom. The summed E-state index contributed by atoms with van der Waals surface area (Å²) in [5.74, 6) is -0.00165. The molecule has 2 bridgehead atoms. The maximum absolute atomic E-state index is 12.3. The molecule has 20 heavy (non-hydrogen) atoms. The van der Waals surface area contributed by atoms with Crippen molar-refractivity contribution in [1.29, 1.82) is 0 Å². The summed E-state index contributed by atoms with van der Waals surface area (Å²) in [5, 5.41) is 7.21. The Bertz CT molecular complexity index is 683. The van der Waals surface area contributed by atoms with Gasteiger partial charge in [-0.15, -0.1) is 0 Å². The lowest BCUT2D eigenvalue weighted by Gasteiger charge is -2.21. The summed E-state index contributed by atoms with van der Waals surface area (Å²) in [6.07, 6.45) is 3.45. The number of nitrogens with one attached hydrogen (secondary N) is 2. The van der Waals surface area contributed by atoms with Crippen LogP contribution in [0, 0.1) is 0 Å². The first-order chi connectivity index (χ1) is 9.69. The van der Waals surface area contributed by atoms with Gasteiger partial charge in [0, 0.05) is 23.7 Å². The van der Waals surface area contributed by atoms with Gasteiger partial charge in [-0.1, -0.05) is 11.3 Å². The number of carbonyl (C=O) groups excluding carboxylic acids is 1. The first-order valence-electron chi connectivity index (χ1n) is 6.92. The highest BCUT2D eigenvalue weighted by molar-refractivity contribution is 7.22. The van der Waals surface area contributed by atoms with E-state index in [1.54, 1.807) is 0 Å². The number of fused-ring (bicyclic) bond motifs is 3. The third-order valence-corrected chi connectivity index (χ3v) is 5.13. The van der Waals surface area contributed by atoms with Crippen molar-refractivity contribution < 1.29 is 4.79 Å². The number of benzene rings is 1. The monoisotopic (exact) mass is 288 g/mol. The number of nitrogens with two attached hydrogens (primary N) is 1. The maximum atomic E-state index is 12.3. The zero-order chi connectivity index (χ0) is 13.7. The summed E-state index contributed by atoms with van der Waals surface area (Å²) in [4.78, 5) is 16.5. The normalized spacial score (nSPS) is 28.1. The van der Waals surface area contributed by atoms with Gasteiger partial charge in [0.05, 0.1) is 10.2 Å². The number of thiazole rings is 1. The topological polar surface area (TPSA) is 80.0 Å². The second kappa shape index (κ2) is 4.43. The smallest absolute Gasteiger partial charge is 0.251 e. The highest BCUT2D eigenvalue weighted by Crippen LogP contribution is 2.29. The third kappa shape index (κ3) is 1.96. The number of rotatable bonds is 2. The molecule has 4 N–H and O–H groups in total. The Hall–Kier alpha value is -1.66. The van der Waals surface area contributed by atoms with Crippen LogP contribution in [0.5, 0.6) is 0 Å². The minimum absolute atomic E-state index is 0.00165. The summed E-state index contributed by atoms with van der Waals surface area (Å²) in [7, 11) is 0. The molecule has 5 nitrogen and oxygen atoms in total. The van der Waals surface area contributed by atoms with Crippen molar-refractivity contribution in [2.45, 2.75) is 37.4 Å². The van der Waals surface area contributed by atoms with Gasteiger partial charge in [0.1, 0.15) is 0 Å². The minimum atomic E-state index is -0.00165. The summed E-state index contributed by atoms with van der Waals surface area (Å²) >= 11 is 1.41. The fourth-order valence-electron chi connectivity index (χ4n) is 3.32. The van der Waals surface area contributed by atoms with E-state index >= 15 is 0 Å². The van der Waals surface area contributed by atoms with Crippen molar-refractivity contribution in [2.75, 3.05) is 5.73 Å². The molecule has 1 aromatic heterocycles. The van der Waals surface area contributed by atoms with Crippen molar-refractivity contribution in [3.8, 4) is 0 Å². The second-order valence-corrected chi connectivity index (χ2v) is 6.66. The van der Waals surface area contributed by atoms with Gasteiger partial charge in [0.25, 0.3) is 5.91 Å². The molecule has 2 aliphatic heterocycles. The summed E-state index contributed by atoms with van der Waals surface area (Å²) in [5.41, 5.74) is 7.23. The largest absolute Gasteiger partial charge is 0.375 e. The molecule has 0 radical (unpaired) electrons. The molecule has 3 heterocycles. The number of amides is 1. The molecule has 1 amide bonds. The highest BCUT2D eigenvalue weighted by Gasteiger charge is 2.39. The van der Waals surface area contributed by atoms with E-state index in [1.165, 1.54) is 24.2 Å². The molecule has 104 valence electrons. The van der Waals surface area contributed by atoms with E-state index in [4.69, 9.17) is 5.73 Å². The Labute approximate surface area is 120 Å². The van der Waals surface area contributed by atoms with Crippen molar-refractivity contribution in [3.63, 3.8) is 0 Å². The molecule has 2 saturated heterocycles. The summed E-state index contributed by atoms with van der Waals surface area (Å²) in [6, 6.07) is 6.86. The Balaban J connectivity index is 1.54. The van der Waals surface area contributed by atoms with E-state index in [1.807, 2.05) is 18.2 Å². The van der Waals surface area contributed by atoms with Gasteiger partial charge in [-0.05, 0) is 37.5 Å². The molecule has 4 rings (SSSR count). The number of aromatic nitrogens is 1. The summed E-state index contributed by atoms with van der Waals surface area (Å²) in [6.45, 7) is 0. The molecule has 0 spiro atoms. The number of nitrogen functional groups attached to an aromatic ring is 1. The van der Waals surface area contributed by atoms with Gasteiger partial charge in [0.15, 0.2) is 5.13 Å². The molecule has 0 aliphatic carbocycles. The number of hydrogen-bond donors (Lipinski definition) is 3. The lowest BCUT2D eigenvalue weighted by molar-refractivity contribution is 0.0931. The maximum Gasteiger partial charge on any atom is 0.251 e. The molecule has 2 aliphatic rings. The number of anilines is 1. The molecule has 3 atom stereocenters. The fraction of sp³-hybridized carbons (Fsp3) is 0.429. The quantitative estimate of drug-likeness (QED) is 0.782. The Morgan fingerprint density at radius 3 is 3.10 bits per heavy atom. The van der Waals surface area contributed by atoms with E-state index in [2.05, 4.69) is 15.6 Å². The lowest BCUT2D eigenvalue weighted by atomic mass is 9.95. The zero-order valence-electron chi connectivity index (χ0n) is 10.9. The van der Waals surface area contributed by atoms with Gasteiger partial charge < -0.3 is 16.4 Å². The summed E-state index contributed by atoms with van der Waals surface area (Å²) < 4.78 is 0.959. The highest BCUT2D eigenvalue weighted by atomic mass is 32.1. The van der Waals surface area contributed by atoms with Gasteiger partial charge >= 0.3 is 0 Å². The predicted octanol–water partition coefficient (Wildman–Crippen LogP) is 1.50. The standard InChI is InChI=1S/C14H16N4OS/c15-14-18-10-3-1-7(5-12(10)20-14)13(19)17-11-6-8-2-4-9(11)16-8/h1,3,5,8-9,11,16H,2,4,6H2,(H2,15,18)(H,17,19)/t8-,9+,11-/m1/s1. The van der Waals surface area contributed by atoms with Crippen LogP contribution >= 0.6 is 11.3 Å². The van der Waals surface area contributed by atoms with Crippen LogP contribution in [0.25, 0.3) is 10.2 Å². The van der Waals surface area contributed by atoms with Crippen LogP contribution in [-0.2, 0) is 0 Å². The molecule has 0 saturated carbocycles. The molecule has 0 unspecified atom stereocenters. The third-order valence-electron chi connectivity index (χ3n) is 4.28. The van der Waals surface area contributed by atoms with Crippen molar-refractivity contribution in [2.24, 2.45) is 0 Å². The van der Waals surface area contributed by atoms with Crippen LogP contribution in [0.1, 0.15) is 29.6 Å². The van der Waals surface area contributed by atoms with Crippen LogP contribution in [0.4, 0.5) is 5.13 Å². The van der Waals surface area contributed by atoms with E-state index < -0.39 is 0 Å². The predicted molar refractivity (Wildman–Crippen MR) is 79.8 cm³/mol. The van der Waals surface area contributed by atoms with Crippen LogP contribution in [0.3, 0.4) is 0 Å². The van der Waals surface area contributed by atoms with Crippen LogP contribution in [-0.4, -0.2) is 29.0 Å². The van der Waals surface area contributed by atoms with E-state index in [9.17, 15) is 4.79 Å².